The predicted octanol–water partition coefficient (Wildman–Crippen LogP) is 6.41. The van der Waals surface area contributed by atoms with Crippen LogP contribution in [0, 0.1) is 25.7 Å². The third kappa shape index (κ3) is 7.46. The van der Waals surface area contributed by atoms with Crippen LogP contribution in [0.25, 0.3) is 0 Å². The molecule has 1 aromatic carbocycles. The van der Waals surface area contributed by atoms with Gasteiger partial charge in [0.1, 0.15) is 11.5 Å². The fraction of sp³-hybridized carbons (Fsp3) is 0.577. The second-order valence-electron chi connectivity index (χ2n) is 8.81. The summed E-state index contributed by atoms with van der Waals surface area (Å²) in [4.78, 5) is 15.0. The normalized spacial score (nSPS) is 20.3. The molecule has 7 heteroatoms. The quantitative estimate of drug-likeness (QED) is 0.203. The first-order valence-electron chi connectivity index (χ1n) is 11.7. The van der Waals surface area contributed by atoms with Crippen molar-refractivity contribution in [2.24, 2.45) is 11.8 Å². The summed E-state index contributed by atoms with van der Waals surface area (Å²) in [6.45, 7) is 4.88. The van der Waals surface area contributed by atoms with Gasteiger partial charge in [0, 0.05) is 28.0 Å². The van der Waals surface area contributed by atoms with E-state index >= 15 is 0 Å². The van der Waals surface area contributed by atoms with E-state index in [1.807, 2.05) is 23.9 Å². The first-order valence-corrected chi connectivity index (χ1v) is 13.9. The van der Waals surface area contributed by atoms with Gasteiger partial charge in [-0.05, 0) is 98.7 Å². The van der Waals surface area contributed by atoms with E-state index in [0.29, 0.717) is 23.3 Å². The van der Waals surface area contributed by atoms with Crippen molar-refractivity contribution in [3.8, 4) is 0 Å². The van der Waals surface area contributed by atoms with E-state index in [-0.39, 0.29) is 24.6 Å². The lowest BCUT2D eigenvalue weighted by Crippen LogP contribution is -2.18. The number of benzene rings is 1. The van der Waals surface area contributed by atoms with Crippen LogP contribution >= 0.6 is 34.7 Å². The summed E-state index contributed by atoms with van der Waals surface area (Å²) in [5, 5.41) is 9.05. The van der Waals surface area contributed by atoms with Gasteiger partial charge < -0.3 is 14.6 Å². The fourth-order valence-corrected chi connectivity index (χ4v) is 7.55. The Morgan fingerprint density at radius 1 is 1.24 bits per heavy atom. The Balaban J connectivity index is 1.50. The van der Waals surface area contributed by atoms with Crippen LogP contribution < -0.4 is 0 Å². The molecule has 1 saturated carbocycles. The average molecular weight is 511 g/mol. The van der Waals surface area contributed by atoms with E-state index in [0.717, 1.165) is 25.0 Å². The van der Waals surface area contributed by atoms with Gasteiger partial charge in [0.2, 0.25) is 0 Å². The summed E-state index contributed by atoms with van der Waals surface area (Å²) in [5.74, 6) is 1.90. The van der Waals surface area contributed by atoms with Gasteiger partial charge in [0.05, 0.1) is 13.2 Å². The van der Waals surface area contributed by atoms with Crippen LogP contribution in [-0.2, 0) is 22.5 Å². The first-order chi connectivity index (χ1) is 15.9. The lowest BCUT2D eigenvalue weighted by Gasteiger charge is -2.22. The molecule has 4 nitrogen and oxygen atoms in total. The van der Waals surface area contributed by atoms with Gasteiger partial charge in [-0.3, -0.25) is 0 Å². The molecule has 182 valence electrons. The van der Waals surface area contributed by atoms with E-state index in [4.69, 9.17) is 26.2 Å². The average Bonchev–Trinajstić information content (AvgIpc) is 3.40. The molecule has 0 bridgehead atoms. The first kappa shape index (κ1) is 26.6. The van der Waals surface area contributed by atoms with Crippen molar-refractivity contribution in [1.29, 1.82) is 0 Å². The van der Waals surface area contributed by atoms with Gasteiger partial charge in [-0.25, -0.2) is 4.79 Å². The van der Waals surface area contributed by atoms with Crippen molar-refractivity contribution in [3.63, 3.8) is 0 Å². The smallest absolute Gasteiger partial charge is 0.348 e. The lowest BCUT2D eigenvalue weighted by atomic mass is 9.92. The Kier molecular flexibility index (Phi) is 10.6. The van der Waals surface area contributed by atoms with Crippen molar-refractivity contribution in [2.75, 3.05) is 26.1 Å². The van der Waals surface area contributed by atoms with Crippen LogP contribution in [0.5, 0.6) is 0 Å². The van der Waals surface area contributed by atoms with Crippen molar-refractivity contribution in [1.82, 2.24) is 0 Å². The molecule has 3 rings (SSSR count). The number of rotatable bonds is 12. The highest BCUT2D eigenvalue weighted by molar-refractivity contribution is 7.99. The number of carbonyl (C=O) groups is 1. The predicted molar refractivity (Wildman–Crippen MR) is 138 cm³/mol. The van der Waals surface area contributed by atoms with Crippen LogP contribution in [-0.4, -0.2) is 42.5 Å². The molecule has 0 saturated heterocycles. The topological polar surface area (TPSA) is 55.8 Å². The third-order valence-corrected chi connectivity index (χ3v) is 9.26. The highest BCUT2D eigenvalue weighted by Crippen LogP contribution is 2.42. The number of aryl methyl sites for hydroxylation is 3. The molecule has 1 aliphatic rings. The van der Waals surface area contributed by atoms with Crippen LogP contribution in [0.4, 0.5) is 0 Å². The Bertz CT molecular complexity index is 890. The summed E-state index contributed by atoms with van der Waals surface area (Å²) in [6.07, 6.45) is 5.54. The second kappa shape index (κ2) is 13.1. The summed E-state index contributed by atoms with van der Waals surface area (Å²) in [6, 6.07) is 8.40. The maximum atomic E-state index is 11.9. The van der Waals surface area contributed by atoms with Crippen LogP contribution in [0.15, 0.2) is 29.2 Å². The maximum Gasteiger partial charge on any atom is 0.348 e. The van der Waals surface area contributed by atoms with Gasteiger partial charge in [0.25, 0.3) is 0 Å². The number of aliphatic hydroxyl groups excluding tert-OH is 1. The molecule has 3 atom stereocenters. The van der Waals surface area contributed by atoms with Gasteiger partial charge >= 0.3 is 5.97 Å². The summed E-state index contributed by atoms with van der Waals surface area (Å²) < 4.78 is 10.3. The van der Waals surface area contributed by atoms with Crippen LogP contribution in [0.3, 0.4) is 0 Å². The fourth-order valence-electron chi connectivity index (χ4n) is 4.67. The number of hydrogen-bond acceptors (Lipinski definition) is 6. The molecule has 1 aromatic heterocycles. The number of aliphatic hydroxyl groups is 1. The number of methoxy groups -OCH3 is 1. The molecule has 0 aliphatic heterocycles. The molecule has 0 spiro atoms. The molecule has 2 aromatic rings. The zero-order valence-corrected chi connectivity index (χ0v) is 22.2. The van der Waals surface area contributed by atoms with Gasteiger partial charge in [0.15, 0.2) is 0 Å². The number of thioether (sulfide) groups is 1. The molecular formula is C26H35ClO4S2. The van der Waals surface area contributed by atoms with Crippen molar-refractivity contribution < 1.29 is 19.4 Å². The number of thiophene rings is 1. The SMILES string of the molecule is COCc1c(C)cc(SCC2C(Cl)CC[C@@H]2CCCc2ccc(C(=O)OCCO)s2)cc1C. The van der Waals surface area contributed by atoms with Crippen molar-refractivity contribution in [2.45, 2.75) is 62.8 Å². The summed E-state index contributed by atoms with van der Waals surface area (Å²) >= 11 is 10.2. The van der Waals surface area contributed by atoms with Gasteiger partial charge in [-0.2, -0.15) is 0 Å². The monoisotopic (exact) mass is 510 g/mol. The van der Waals surface area contributed by atoms with E-state index < -0.39 is 0 Å². The second-order valence-corrected chi connectivity index (χ2v) is 11.6. The molecule has 1 heterocycles. The zero-order valence-electron chi connectivity index (χ0n) is 19.8. The Hall–Kier alpha value is -1.05. The van der Waals surface area contributed by atoms with Gasteiger partial charge in [-0.15, -0.1) is 34.7 Å². The van der Waals surface area contributed by atoms with Crippen LogP contribution in [0.2, 0.25) is 0 Å². The van der Waals surface area contributed by atoms with Crippen molar-refractivity contribution >= 4 is 40.7 Å². The van der Waals surface area contributed by atoms with E-state index in [1.165, 1.54) is 50.6 Å². The molecule has 2 unspecified atom stereocenters. The largest absolute Gasteiger partial charge is 0.459 e. The standard InChI is InChI=1S/C26H35ClO4S2/c1-17-13-21(14-18(2)22(17)15-30-3)32-16-23-19(7-9-24(23)27)5-4-6-20-8-10-25(33-20)26(29)31-12-11-28/h8,10,13-14,19,23-24,28H,4-7,9,11-12,15-16H2,1-3H3/t19-,23?,24?/m0/s1. The highest BCUT2D eigenvalue weighted by Gasteiger charge is 2.34. The summed E-state index contributed by atoms with van der Waals surface area (Å²) in [7, 11) is 1.74. The molecule has 0 radical (unpaired) electrons. The number of hydrogen-bond donors (Lipinski definition) is 1. The van der Waals surface area contributed by atoms with E-state index in [9.17, 15) is 4.79 Å². The molecule has 0 amide bonds. The van der Waals surface area contributed by atoms with E-state index in [1.54, 1.807) is 7.11 Å². The van der Waals surface area contributed by atoms with E-state index in [2.05, 4.69) is 26.0 Å². The molecule has 33 heavy (non-hydrogen) atoms. The molecule has 1 N–H and O–H groups in total. The Labute approximate surface area is 211 Å². The number of ether oxygens (including phenoxy) is 2. The molecule has 1 fully saturated rings. The Morgan fingerprint density at radius 3 is 2.70 bits per heavy atom. The Morgan fingerprint density at radius 2 is 2.00 bits per heavy atom. The molecule has 1 aliphatic carbocycles. The third-order valence-electron chi connectivity index (χ3n) is 6.47. The minimum absolute atomic E-state index is 0.0448. The summed E-state index contributed by atoms with van der Waals surface area (Å²) in [5.41, 5.74) is 3.87. The zero-order chi connectivity index (χ0) is 23.8. The number of esters is 1. The number of alkyl halides is 1. The minimum atomic E-state index is -0.348. The van der Waals surface area contributed by atoms with Crippen molar-refractivity contribution in [3.05, 3.63) is 50.7 Å². The number of halogens is 1. The minimum Gasteiger partial charge on any atom is -0.459 e. The lowest BCUT2D eigenvalue weighted by molar-refractivity contribution is 0.0439. The van der Waals surface area contributed by atoms with Gasteiger partial charge in [-0.1, -0.05) is 0 Å². The highest BCUT2D eigenvalue weighted by atomic mass is 35.5. The van der Waals surface area contributed by atoms with Crippen LogP contribution in [0.1, 0.15) is 56.9 Å². The molecular weight excluding hydrogens is 476 g/mol. The maximum absolute atomic E-state index is 11.9. The number of carbonyl (C=O) groups excluding carboxylic acids is 1.